The van der Waals surface area contributed by atoms with Gasteiger partial charge in [0, 0.05) is 7.11 Å². The minimum Gasteiger partial charge on any atom is -0.492 e. The number of nitrogens with two attached hydrogens (primary N) is 1. The molecule has 6 heteroatoms. The van der Waals surface area contributed by atoms with Gasteiger partial charge in [0.2, 0.25) is 0 Å². The van der Waals surface area contributed by atoms with E-state index in [0.717, 1.165) is 5.75 Å². The Morgan fingerprint density at radius 2 is 1.82 bits per heavy atom. The number of aliphatic imine (C=N–C) groups is 1. The first-order valence-electron chi connectivity index (χ1n) is 7.19. The van der Waals surface area contributed by atoms with Crippen LogP contribution in [0.1, 0.15) is 26.3 Å². The Bertz CT molecular complexity index is 442. The maximum atomic E-state index is 5.69. The fraction of sp³-hybridized carbons (Fsp3) is 0.562. The zero-order valence-electron chi connectivity index (χ0n) is 13.9. The molecule has 3 N–H and O–H groups in total. The van der Waals surface area contributed by atoms with E-state index in [0.29, 0.717) is 32.3 Å². The minimum absolute atomic E-state index is 0. The lowest BCUT2D eigenvalue weighted by Gasteiger charge is -2.19. The van der Waals surface area contributed by atoms with Crippen molar-refractivity contribution in [1.82, 2.24) is 5.32 Å². The molecule has 1 aromatic carbocycles. The second-order valence-corrected chi connectivity index (χ2v) is 5.81. The Morgan fingerprint density at radius 3 is 2.36 bits per heavy atom. The van der Waals surface area contributed by atoms with E-state index >= 15 is 0 Å². The Morgan fingerprint density at radius 1 is 1.18 bits per heavy atom. The molecular formula is C16H28IN3O2. The molecular weight excluding hydrogens is 393 g/mol. The first kappa shape index (κ1) is 21.0. The summed E-state index contributed by atoms with van der Waals surface area (Å²) in [5.74, 6) is 1.28. The number of nitrogens with zero attached hydrogens (tertiary/aromatic N) is 1. The summed E-state index contributed by atoms with van der Waals surface area (Å²) < 4.78 is 10.5. The van der Waals surface area contributed by atoms with Gasteiger partial charge >= 0.3 is 0 Å². The van der Waals surface area contributed by atoms with Gasteiger partial charge in [0.05, 0.1) is 19.7 Å². The van der Waals surface area contributed by atoms with E-state index in [1.54, 1.807) is 7.11 Å². The van der Waals surface area contributed by atoms with Gasteiger partial charge in [-0.05, 0) is 23.1 Å². The molecule has 5 nitrogen and oxygen atoms in total. The second-order valence-electron chi connectivity index (χ2n) is 5.81. The van der Waals surface area contributed by atoms with E-state index in [9.17, 15) is 0 Å². The average Bonchev–Trinajstić information content (AvgIpc) is 2.43. The molecule has 0 heterocycles. The highest BCUT2D eigenvalue weighted by Crippen LogP contribution is 2.24. The molecule has 0 amide bonds. The Balaban J connectivity index is 0.00000441. The third-order valence-electron chi connectivity index (χ3n) is 2.97. The molecule has 22 heavy (non-hydrogen) atoms. The number of guanidine groups is 1. The zero-order valence-corrected chi connectivity index (χ0v) is 16.2. The van der Waals surface area contributed by atoms with Crippen LogP contribution in [0.2, 0.25) is 0 Å². The van der Waals surface area contributed by atoms with Crippen molar-refractivity contribution in [2.45, 2.75) is 26.2 Å². The lowest BCUT2D eigenvalue weighted by molar-refractivity contribution is 0.208. The summed E-state index contributed by atoms with van der Waals surface area (Å²) in [7, 11) is 1.64. The highest BCUT2D eigenvalue weighted by molar-refractivity contribution is 14.0. The molecule has 126 valence electrons. The van der Waals surface area contributed by atoms with Crippen LogP contribution in [0.3, 0.4) is 0 Å². The van der Waals surface area contributed by atoms with Crippen molar-refractivity contribution in [3.63, 3.8) is 0 Å². The summed E-state index contributed by atoms with van der Waals surface area (Å²) in [5, 5.41) is 2.99. The summed E-state index contributed by atoms with van der Waals surface area (Å²) in [6.45, 7) is 8.86. The average molecular weight is 421 g/mol. The monoisotopic (exact) mass is 421 g/mol. The fourth-order valence-corrected chi connectivity index (χ4v) is 1.71. The second kappa shape index (κ2) is 10.7. The van der Waals surface area contributed by atoms with Gasteiger partial charge in [0.1, 0.15) is 12.4 Å². The first-order chi connectivity index (χ1) is 9.93. The summed E-state index contributed by atoms with van der Waals surface area (Å²) >= 11 is 0. The van der Waals surface area contributed by atoms with Crippen LogP contribution < -0.4 is 15.8 Å². The molecule has 0 radical (unpaired) electrons. The van der Waals surface area contributed by atoms with E-state index < -0.39 is 0 Å². The molecule has 1 rings (SSSR count). The van der Waals surface area contributed by atoms with E-state index in [4.69, 9.17) is 15.2 Å². The molecule has 0 unspecified atom stereocenters. The maximum Gasteiger partial charge on any atom is 0.188 e. The standard InChI is InChI=1S/C16H27N3O2.HI/c1-16(2,3)13-5-7-14(8-6-13)21-12-10-19-15(17)18-9-11-20-4;/h5-8H,9-12H2,1-4H3,(H3,17,18,19);1H. The number of benzene rings is 1. The highest BCUT2D eigenvalue weighted by Gasteiger charge is 2.12. The summed E-state index contributed by atoms with van der Waals surface area (Å²) in [5.41, 5.74) is 7.14. The van der Waals surface area contributed by atoms with Crippen LogP contribution in [0, 0.1) is 0 Å². The molecule has 0 atom stereocenters. The lowest BCUT2D eigenvalue weighted by atomic mass is 9.87. The van der Waals surface area contributed by atoms with Crippen molar-refractivity contribution in [3.8, 4) is 5.75 Å². The fourth-order valence-electron chi connectivity index (χ4n) is 1.71. The van der Waals surface area contributed by atoms with E-state index in [2.05, 4.69) is 43.2 Å². The van der Waals surface area contributed by atoms with E-state index in [1.165, 1.54) is 5.56 Å². The lowest BCUT2D eigenvalue weighted by Crippen LogP contribution is -2.35. The number of ether oxygens (including phenoxy) is 2. The third-order valence-corrected chi connectivity index (χ3v) is 2.97. The maximum absolute atomic E-state index is 5.69. The van der Waals surface area contributed by atoms with E-state index in [-0.39, 0.29) is 29.4 Å². The van der Waals surface area contributed by atoms with Crippen molar-refractivity contribution >= 4 is 29.9 Å². The van der Waals surface area contributed by atoms with Crippen molar-refractivity contribution < 1.29 is 9.47 Å². The molecule has 0 aliphatic carbocycles. The summed E-state index contributed by atoms with van der Waals surface area (Å²) in [4.78, 5) is 4.10. The van der Waals surface area contributed by atoms with Gasteiger partial charge in [0.25, 0.3) is 0 Å². The van der Waals surface area contributed by atoms with Crippen LogP contribution in [0.5, 0.6) is 5.75 Å². The van der Waals surface area contributed by atoms with Crippen molar-refractivity contribution in [2.24, 2.45) is 10.7 Å². The van der Waals surface area contributed by atoms with Crippen LogP contribution in [-0.4, -0.2) is 39.4 Å². The molecule has 0 saturated carbocycles. The van der Waals surface area contributed by atoms with Gasteiger partial charge in [0.15, 0.2) is 5.96 Å². The predicted octanol–water partition coefficient (Wildman–Crippen LogP) is 2.53. The molecule has 0 saturated heterocycles. The number of hydrogen-bond donors (Lipinski definition) is 2. The highest BCUT2D eigenvalue weighted by atomic mass is 127. The van der Waals surface area contributed by atoms with Gasteiger partial charge in [-0.3, -0.25) is 4.99 Å². The molecule has 0 aliphatic rings. The molecule has 0 aliphatic heterocycles. The van der Waals surface area contributed by atoms with Crippen LogP contribution in [-0.2, 0) is 10.2 Å². The number of hydrogen-bond acceptors (Lipinski definition) is 3. The Hall–Kier alpha value is -1.02. The van der Waals surface area contributed by atoms with E-state index in [1.807, 2.05) is 12.1 Å². The Kier molecular flexibility index (Phi) is 10.2. The minimum atomic E-state index is 0. The normalized spacial score (nSPS) is 11.7. The molecule has 0 fully saturated rings. The number of rotatable bonds is 7. The van der Waals surface area contributed by atoms with Crippen LogP contribution in [0.25, 0.3) is 0 Å². The molecule has 0 aromatic heterocycles. The topological polar surface area (TPSA) is 68.9 Å². The number of halogens is 1. The first-order valence-corrected chi connectivity index (χ1v) is 7.19. The smallest absolute Gasteiger partial charge is 0.188 e. The summed E-state index contributed by atoms with van der Waals surface area (Å²) in [6.07, 6.45) is 0. The van der Waals surface area contributed by atoms with Gasteiger partial charge < -0.3 is 20.5 Å². The largest absolute Gasteiger partial charge is 0.492 e. The van der Waals surface area contributed by atoms with Gasteiger partial charge in [-0.25, -0.2) is 0 Å². The number of methoxy groups -OCH3 is 1. The van der Waals surface area contributed by atoms with Crippen LogP contribution >= 0.6 is 24.0 Å². The molecule has 1 aromatic rings. The molecule has 0 bridgehead atoms. The molecule has 0 spiro atoms. The zero-order chi connectivity index (χ0) is 15.7. The SMILES string of the molecule is COCCN=C(N)NCCOc1ccc(C(C)(C)C)cc1.I. The quantitative estimate of drug-likeness (QED) is 0.307. The van der Waals surface area contributed by atoms with Gasteiger partial charge in [-0.1, -0.05) is 32.9 Å². The van der Waals surface area contributed by atoms with Crippen molar-refractivity contribution in [3.05, 3.63) is 29.8 Å². The predicted molar refractivity (Wildman–Crippen MR) is 102 cm³/mol. The van der Waals surface area contributed by atoms with Crippen LogP contribution in [0.4, 0.5) is 0 Å². The van der Waals surface area contributed by atoms with Gasteiger partial charge in [-0.15, -0.1) is 24.0 Å². The van der Waals surface area contributed by atoms with Gasteiger partial charge in [-0.2, -0.15) is 0 Å². The number of nitrogens with one attached hydrogen (secondary N) is 1. The van der Waals surface area contributed by atoms with Crippen molar-refractivity contribution in [1.29, 1.82) is 0 Å². The third kappa shape index (κ3) is 8.43. The van der Waals surface area contributed by atoms with Crippen LogP contribution in [0.15, 0.2) is 29.3 Å². The van der Waals surface area contributed by atoms with Crippen molar-refractivity contribution in [2.75, 3.05) is 33.4 Å². The Labute approximate surface area is 150 Å². The summed E-state index contributed by atoms with van der Waals surface area (Å²) in [6, 6.07) is 8.19.